The molecule has 142 valence electrons. The van der Waals surface area contributed by atoms with E-state index in [1.54, 1.807) is 31.2 Å². The number of aromatic nitrogens is 1. The number of halogens is 1. The largest absolute Gasteiger partial charge is 0.440 e. The Balaban J connectivity index is 1.47. The highest BCUT2D eigenvalue weighted by Gasteiger charge is 2.31. The molecule has 1 aliphatic heterocycles. The Kier molecular flexibility index (Phi) is 4.48. The van der Waals surface area contributed by atoms with Crippen LogP contribution in [0.5, 0.6) is 0 Å². The van der Waals surface area contributed by atoms with Gasteiger partial charge in [-0.1, -0.05) is 5.16 Å². The first kappa shape index (κ1) is 17.7. The summed E-state index contributed by atoms with van der Waals surface area (Å²) >= 11 is 0. The van der Waals surface area contributed by atoms with Crippen LogP contribution < -0.4 is 4.90 Å². The molecule has 0 unspecified atom stereocenters. The molecule has 0 saturated carbocycles. The summed E-state index contributed by atoms with van der Waals surface area (Å²) in [6.45, 7) is 3.43. The zero-order valence-electron chi connectivity index (χ0n) is 14.6. The molecule has 0 aliphatic carbocycles. The predicted octanol–water partition coefficient (Wildman–Crippen LogP) is 2.89. The van der Waals surface area contributed by atoms with Crippen molar-refractivity contribution in [2.24, 2.45) is 0 Å². The highest BCUT2D eigenvalue weighted by atomic mass is 32.2. The number of hydrogen-bond acceptors (Lipinski definition) is 6. The predicted molar refractivity (Wildman–Crippen MR) is 96.3 cm³/mol. The number of hydrogen-bond donors (Lipinski definition) is 0. The molecular weight excluding hydrogens is 373 g/mol. The number of furan rings is 1. The lowest BCUT2D eigenvalue weighted by Crippen LogP contribution is -2.48. The second-order valence-corrected chi connectivity index (χ2v) is 8.19. The molecule has 1 aromatic carbocycles. The van der Waals surface area contributed by atoms with Gasteiger partial charge in [0.1, 0.15) is 5.82 Å². The first-order valence-electron chi connectivity index (χ1n) is 8.48. The molecule has 0 atom stereocenters. The van der Waals surface area contributed by atoms with Gasteiger partial charge in [0.25, 0.3) is 10.0 Å². The highest BCUT2D eigenvalue weighted by molar-refractivity contribution is 7.89. The number of benzene rings is 1. The Morgan fingerprint density at radius 3 is 2.33 bits per heavy atom. The third-order valence-corrected chi connectivity index (χ3v) is 6.25. The van der Waals surface area contributed by atoms with Crippen molar-refractivity contribution in [3.8, 4) is 11.5 Å². The summed E-state index contributed by atoms with van der Waals surface area (Å²) < 4.78 is 50.7. The van der Waals surface area contributed by atoms with Crippen molar-refractivity contribution in [3.63, 3.8) is 0 Å². The van der Waals surface area contributed by atoms with Crippen molar-refractivity contribution in [2.45, 2.75) is 12.0 Å². The van der Waals surface area contributed by atoms with E-state index in [1.807, 2.05) is 4.90 Å². The van der Waals surface area contributed by atoms with Crippen molar-refractivity contribution < 1.29 is 21.7 Å². The monoisotopic (exact) mass is 391 g/mol. The van der Waals surface area contributed by atoms with Crippen molar-refractivity contribution >= 4 is 15.7 Å². The maximum atomic E-state index is 13.1. The molecule has 2 aromatic heterocycles. The van der Waals surface area contributed by atoms with Gasteiger partial charge in [-0.05, 0) is 43.3 Å². The quantitative estimate of drug-likeness (QED) is 0.680. The number of rotatable bonds is 4. The molecule has 27 heavy (non-hydrogen) atoms. The van der Waals surface area contributed by atoms with Gasteiger partial charge in [-0.15, -0.1) is 0 Å². The first-order valence-corrected chi connectivity index (χ1v) is 9.92. The number of nitrogens with zero attached hydrogens (tertiary/aromatic N) is 3. The van der Waals surface area contributed by atoms with Crippen molar-refractivity contribution in [1.82, 2.24) is 9.46 Å². The SMILES string of the molecule is Cc1cc(-c2ccc(S(=O)(=O)N3CCN(c4ccc(F)cc4)CC3)o2)on1. The highest BCUT2D eigenvalue weighted by Crippen LogP contribution is 2.28. The molecule has 3 heterocycles. The van der Waals surface area contributed by atoms with E-state index >= 15 is 0 Å². The van der Waals surface area contributed by atoms with Crippen LogP contribution in [0, 0.1) is 12.7 Å². The van der Waals surface area contributed by atoms with E-state index in [2.05, 4.69) is 5.16 Å². The molecule has 0 bridgehead atoms. The van der Waals surface area contributed by atoms with E-state index < -0.39 is 10.0 Å². The van der Waals surface area contributed by atoms with Gasteiger partial charge in [-0.25, -0.2) is 12.8 Å². The normalized spacial score (nSPS) is 16.0. The Morgan fingerprint density at radius 1 is 1.00 bits per heavy atom. The molecule has 4 rings (SSSR count). The smallest absolute Gasteiger partial charge is 0.276 e. The van der Waals surface area contributed by atoms with Crippen LogP contribution in [0.15, 0.2) is 56.5 Å². The van der Waals surface area contributed by atoms with Crippen LogP contribution >= 0.6 is 0 Å². The molecule has 0 radical (unpaired) electrons. The molecule has 3 aromatic rings. The van der Waals surface area contributed by atoms with Crippen LogP contribution in [0.1, 0.15) is 5.69 Å². The fourth-order valence-electron chi connectivity index (χ4n) is 3.04. The van der Waals surface area contributed by atoms with Gasteiger partial charge in [0.2, 0.25) is 10.9 Å². The van der Waals surface area contributed by atoms with Gasteiger partial charge in [0, 0.05) is 37.9 Å². The second-order valence-electron chi connectivity index (χ2n) is 6.32. The molecule has 1 saturated heterocycles. The molecule has 0 N–H and O–H groups in total. The summed E-state index contributed by atoms with van der Waals surface area (Å²) in [5, 5.41) is 3.65. The number of aryl methyl sites for hydroxylation is 1. The lowest BCUT2D eigenvalue weighted by molar-refractivity contribution is 0.358. The Morgan fingerprint density at radius 2 is 1.70 bits per heavy atom. The molecular formula is C18H18FN3O4S. The fourth-order valence-corrected chi connectivity index (χ4v) is 4.37. The third-order valence-electron chi connectivity index (χ3n) is 4.48. The van der Waals surface area contributed by atoms with Crippen LogP contribution in [0.3, 0.4) is 0 Å². The summed E-state index contributed by atoms with van der Waals surface area (Å²) in [5.41, 5.74) is 1.55. The van der Waals surface area contributed by atoms with E-state index in [1.165, 1.54) is 22.5 Å². The van der Waals surface area contributed by atoms with Gasteiger partial charge < -0.3 is 13.8 Å². The van der Waals surface area contributed by atoms with Gasteiger partial charge in [-0.3, -0.25) is 0 Å². The molecule has 0 spiro atoms. The van der Waals surface area contributed by atoms with Crippen molar-refractivity contribution in [2.75, 3.05) is 31.1 Å². The summed E-state index contributed by atoms with van der Waals surface area (Å²) in [4.78, 5) is 2.02. The standard InChI is InChI=1S/C18H18FN3O4S/c1-13-12-17(26-20-13)16-6-7-18(25-16)27(23,24)22-10-8-21(9-11-22)15-4-2-14(19)3-5-15/h2-7,12H,8-11H2,1H3. The zero-order chi connectivity index (χ0) is 19.0. The number of piperazine rings is 1. The van der Waals surface area contributed by atoms with E-state index in [0.717, 1.165) is 5.69 Å². The van der Waals surface area contributed by atoms with Gasteiger partial charge in [0.05, 0.1) is 5.69 Å². The minimum absolute atomic E-state index is 0.123. The van der Waals surface area contributed by atoms with Crippen LogP contribution in [0.25, 0.3) is 11.5 Å². The molecule has 7 nitrogen and oxygen atoms in total. The van der Waals surface area contributed by atoms with Gasteiger partial charge in [0.15, 0.2) is 5.76 Å². The first-order chi connectivity index (χ1) is 12.9. The zero-order valence-corrected chi connectivity index (χ0v) is 15.4. The average molecular weight is 391 g/mol. The maximum Gasteiger partial charge on any atom is 0.276 e. The summed E-state index contributed by atoms with van der Waals surface area (Å²) in [7, 11) is -3.74. The van der Waals surface area contributed by atoms with E-state index in [4.69, 9.17) is 8.94 Å². The van der Waals surface area contributed by atoms with E-state index in [9.17, 15) is 12.8 Å². The van der Waals surface area contributed by atoms with Crippen LogP contribution in [-0.4, -0.2) is 44.1 Å². The lowest BCUT2D eigenvalue weighted by Gasteiger charge is -2.34. The van der Waals surface area contributed by atoms with Crippen molar-refractivity contribution in [3.05, 3.63) is 54.0 Å². The number of sulfonamides is 1. The summed E-state index contributed by atoms with van der Waals surface area (Å²) in [6.07, 6.45) is 0. The molecule has 0 amide bonds. The van der Waals surface area contributed by atoms with E-state index in [-0.39, 0.29) is 10.9 Å². The van der Waals surface area contributed by atoms with Gasteiger partial charge >= 0.3 is 0 Å². The topological polar surface area (TPSA) is 79.8 Å². The lowest BCUT2D eigenvalue weighted by atomic mass is 10.2. The fraction of sp³-hybridized carbons (Fsp3) is 0.278. The Hall–Kier alpha value is -2.65. The van der Waals surface area contributed by atoms with Crippen LogP contribution in [0.4, 0.5) is 10.1 Å². The maximum absolute atomic E-state index is 13.1. The van der Waals surface area contributed by atoms with Crippen LogP contribution in [0.2, 0.25) is 0 Å². The minimum Gasteiger partial charge on any atom is -0.440 e. The van der Waals surface area contributed by atoms with Crippen LogP contribution in [-0.2, 0) is 10.0 Å². The van der Waals surface area contributed by atoms with Gasteiger partial charge in [-0.2, -0.15) is 4.31 Å². The average Bonchev–Trinajstić information content (AvgIpc) is 3.32. The summed E-state index contributed by atoms with van der Waals surface area (Å²) in [5.74, 6) is 0.407. The molecule has 9 heteroatoms. The molecule has 1 fully saturated rings. The second kappa shape index (κ2) is 6.82. The summed E-state index contributed by atoms with van der Waals surface area (Å²) in [6, 6.07) is 10.8. The Labute approximate surface area is 156 Å². The Bertz CT molecular complexity index is 1030. The van der Waals surface area contributed by atoms with Crippen molar-refractivity contribution in [1.29, 1.82) is 0 Å². The third kappa shape index (κ3) is 3.47. The molecule has 1 aliphatic rings. The number of anilines is 1. The minimum atomic E-state index is -3.74. The van der Waals surface area contributed by atoms with E-state index in [0.29, 0.717) is 43.4 Å².